The van der Waals surface area contributed by atoms with Gasteiger partial charge in [-0.1, -0.05) is 11.6 Å². The van der Waals surface area contributed by atoms with Crippen molar-refractivity contribution in [1.29, 1.82) is 0 Å². The maximum absolute atomic E-state index is 12.4. The van der Waals surface area contributed by atoms with Crippen LogP contribution in [-0.2, 0) is 14.3 Å². The molecule has 11 heteroatoms. The highest BCUT2D eigenvalue weighted by molar-refractivity contribution is 6.30. The molecule has 10 nitrogen and oxygen atoms in total. The molecule has 0 radical (unpaired) electrons. The SMILES string of the molecule is COc1cc(C(=O)OCC(=O)N2CCOC(C)C2)ccc1Oc1ccc(Cl)cc1[N+](=O)[O-]. The number of carbonyl (C=O) groups is 2. The first-order chi connectivity index (χ1) is 15.3. The second-order valence-electron chi connectivity index (χ2n) is 6.93. The first kappa shape index (κ1) is 23.3. The van der Waals surface area contributed by atoms with Gasteiger partial charge >= 0.3 is 11.7 Å². The Hall–Kier alpha value is -3.37. The Morgan fingerprint density at radius 1 is 1.22 bits per heavy atom. The molecule has 0 N–H and O–H groups in total. The van der Waals surface area contributed by atoms with Crippen molar-refractivity contribution >= 4 is 29.2 Å². The number of ether oxygens (including phenoxy) is 4. The van der Waals surface area contributed by atoms with E-state index in [9.17, 15) is 19.7 Å². The number of nitro benzene ring substituents is 1. The fourth-order valence-corrected chi connectivity index (χ4v) is 3.23. The maximum atomic E-state index is 12.4. The lowest BCUT2D eigenvalue weighted by atomic mass is 10.2. The highest BCUT2D eigenvalue weighted by Gasteiger charge is 2.23. The molecule has 1 unspecified atom stereocenters. The first-order valence-electron chi connectivity index (χ1n) is 9.65. The van der Waals surface area contributed by atoms with Gasteiger partial charge in [-0.05, 0) is 37.3 Å². The fraction of sp³-hybridized carbons (Fsp3) is 0.333. The van der Waals surface area contributed by atoms with Crippen LogP contribution in [0.2, 0.25) is 5.02 Å². The van der Waals surface area contributed by atoms with Crippen LogP contribution >= 0.6 is 11.6 Å². The summed E-state index contributed by atoms with van der Waals surface area (Å²) in [5.41, 5.74) is -0.193. The molecule has 1 aliphatic heterocycles. The fourth-order valence-electron chi connectivity index (χ4n) is 3.06. The summed E-state index contributed by atoms with van der Waals surface area (Å²) in [7, 11) is 1.36. The molecule has 0 saturated carbocycles. The number of carbonyl (C=O) groups excluding carboxylic acids is 2. The van der Waals surface area contributed by atoms with Crippen LogP contribution in [0.25, 0.3) is 0 Å². The van der Waals surface area contributed by atoms with Gasteiger partial charge in [0.25, 0.3) is 5.91 Å². The second kappa shape index (κ2) is 10.3. The van der Waals surface area contributed by atoms with Crippen molar-refractivity contribution in [3.63, 3.8) is 0 Å². The van der Waals surface area contributed by atoms with Crippen LogP contribution in [0.5, 0.6) is 17.2 Å². The molecule has 32 heavy (non-hydrogen) atoms. The first-order valence-corrected chi connectivity index (χ1v) is 10.0. The van der Waals surface area contributed by atoms with Gasteiger partial charge in [-0.2, -0.15) is 0 Å². The Bertz CT molecular complexity index is 1030. The summed E-state index contributed by atoms with van der Waals surface area (Å²) >= 11 is 5.82. The van der Waals surface area contributed by atoms with Gasteiger partial charge in [-0.15, -0.1) is 0 Å². The van der Waals surface area contributed by atoms with Crippen LogP contribution in [-0.4, -0.2) is 61.2 Å². The number of hydrogen-bond acceptors (Lipinski definition) is 8. The van der Waals surface area contributed by atoms with E-state index in [1.165, 1.54) is 43.5 Å². The third-order valence-electron chi connectivity index (χ3n) is 4.66. The summed E-state index contributed by atoms with van der Waals surface area (Å²) < 4.78 is 21.4. The Labute approximate surface area is 188 Å². The zero-order valence-electron chi connectivity index (χ0n) is 17.4. The quantitative estimate of drug-likeness (QED) is 0.347. The van der Waals surface area contributed by atoms with Crippen molar-refractivity contribution in [2.24, 2.45) is 0 Å². The molecule has 0 aliphatic carbocycles. The number of nitro groups is 1. The van der Waals surface area contributed by atoms with Gasteiger partial charge in [-0.3, -0.25) is 14.9 Å². The van der Waals surface area contributed by atoms with E-state index in [0.29, 0.717) is 19.7 Å². The Kier molecular flexibility index (Phi) is 7.49. The summed E-state index contributed by atoms with van der Waals surface area (Å²) in [6.45, 7) is 2.78. The Morgan fingerprint density at radius 3 is 2.66 bits per heavy atom. The van der Waals surface area contributed by atoms with Crippen molar-refractivity contribution in [2.75, 3.05) is 33.4 Å². The highest BCUT2D eigenvalue weighted by atomic mass is 35.5. The third kappa shape index (κ3) is 5.65. The van der Waals surface area contributed by atoms with E-state index >= 15 is 0 Å². The molecule has 170 valence electrons. The predicted molar refractivity (Wildman–Crippen MR) is 113 cm³/mol. The van der Waals surface area contributed by atoms with Gasteiger partial charge in [0.05, 0.1) is 30.3 Å². The zero-order chi connectivity index (χ0) is 23.3. The highest BCUT2D eigenvalue weighted by Crippen LogP contribution is 2.38. The molecule has 3 rings (SSSR count). The van der Waals surface area contributed by atoms with Gasteiger partial charge in [0.15, 0.2) is 18.1 Å². The number of methoxy groups -OCH3 is 1. The Morgan fingerprint density at radius 2 is 1.97 bits per heavy atom. The van der Waals surface area contributed by atoms with E-state index < -0.39 is 17.5 Å². The van der Waals surface area contributed by atoms with Crippen LogP contribution in [0.4, 0.5) is 5.69 Å². The van der Waals surface area contributed by atoms with Gasteiger partial charge < -0.3 is 23.8 Å². The van der Waals surface area contributed by atoms with E-state index in [1.807, 2.05) is 6.92 Å². The molecule has 1 heterocycles. The molecular formula is C21H21ClN2O8. The second-order valence-corrected chi connectivity index (χ2v) is 7.37. The molecule has 1 saturated heterocycles. The van der Waals surface area contributed by atoms with Crippen LogP contribution in [0.15, 0.2) is 36.4 Å². The topological polar surface area (TPSA) is 117 Å². The van der Waals surface area contributed by atoms with Crippen LogP contribution in [0, 0.1) is 10.1 Å². The molecule has 2 aromatic carbocycles. The minimum atomic E-state index is -0.720. The van der Waals surface area contributed by atoms with E-state index in [0.717, 1.165) is 0 Å². The minimum absolute atomic E-state index is 0.0432. The predicted octanol–water partition coefficient (Wildman–Crippen LogP) is 3.45. The van der Waals surface area contributed by atoms with E-state index in [2.05, 4.69) is 0 Å². The molecule has 2 aromatic rings. The summed E-state index contributed by atoms with van der Waals surface area (Å²) in [6.07, 6.45) is -0.0725. The van der Waals surface area contributed by atoms with E-state index in [1.54, 1.807) is 4.90 Å². The minimum Gasteiger partial charge on any atom is -0.493 e. The lowest BCUT2D eigenvalue weighted by Gasteiger charge is -2.30. The van der Waals surface area contributed by atoms with Crippen molar-refractivity contribution in [3.8, 4) is 17.2 Å². The number of halogens is 1. The molecule has 0 bridgehead atoms. The number of amides is 1. The number of benzene rings is 2. The average molecular weight is 465 g/mol. The standard InChI is InChI=1S/C21H21ClN2O8/c1-13-11-23(7-8-30-13)20(25)12-31-21(26)14-3-5-18(19(9-14)29-2)32-17-6-4-15(22)10-16(17)24(27)28/h3-6,9-10,13H,7-8,11-12H2,1-2H3. The molecular weight excluding hydrogens is 444 g/mol. The zero-order valence-corrected chi connectivity index (χ0v) is 18.2. The van der Waals surface area contributed by atoms with Crippen LogP contribution in [0.1, 0.15) is 17.3 Å². The molecule has 1 fully saturated rings. The monoisotopic (exact) mass is 464 g/mol. The maximum Gasteiger partial charge on any atom is 0.338 e. The van der Waals surface area contributed by atoms with Crippen molar-refractivity contribution in [1.82, 2.24) is 4.90 Å². The van der Waals surface area contributed by atoms with Gasteiger partial charge in [0.1, 0.15) is 0 Å². The smallest absolute Gasteiger partial charge is 0.338 e. The summed E-state index contributed by atoms with van der Waals surface area (Å²) in [5.74, 6) is -0.777. The molecule has 0 spiro atoms. The van der Waals surface area contributed by atoms with Crippen LogP contribution < -0.4 is 9.47 Å². The van der Waals surface area contributed by atoms with E-state index in [-0.39, 0.29) is 45.5 Å². The van der Waals surface area contributed by atoms with Crippen molar-refractivity contribution < 1.29 is 33.5 Å². The van der Waals surface area contributed by atoms with Gasteiger partial charge in [0, 0.05) is 24.2 Å². The normalized spacial score (nSPS) is 15.7. The summed E-state index contributed by atoms with van der Waals surface area (Å²) in [5, 5.41) is 11.4. The summed E-state index contributed by atoms with van der Waals surface area (Å²) in [4.78, 5) is 36.9. The lowest BCUT2D eigenvalue weighted by molar-refractivity contribution is -0.385. The molecule has 1 atom stereocenters. The molecule has 1 aliphatic rings. The largest absolute Gasteiger partial charge is 0.493 e. The van der Waals surface area contributed by atoms with Gasteiger partial charge in [0.2, 0.25) is 5.75 Å². The Balaban J connectivity index is 1.69. The lowest BCUT2D eigenvalue weighted by Crippen LogP contribution is -2.46. The number of rotatable bonds is 7. The summed E-state index contributed by atoms with van der Waals surface area (Å²) in [6, 6.07) is 8.17. The third-order valence-corrected chi connectivity index (χ3v) is 4.89. The van der Waals surface area contributed by atoms with Gasteiger partial charge in [-0.25, -0.2) is 4.79 Å². The van der Waals surface area contributed by atoms with Crippen molar-refractivity contribution in [3.05, 3.63) is 57.1 Å². The number of morpholine rings is 1. The molecule has 1 amide bonds. The number of esters is 1. The average Bonchev–Trinajstić information content (AvgIpc) is 2.78. The number of hydrogen-bond donors (Lipinski definition) is 0. The van der Waals surface area contributed by atoms with Crippen LogP contribution in [0.3, 0.4) is 0 Å². The van der Waals surface area contributed by atoms with Crippen molar-refractivity contribution in [2.45, 2.75) is 13.0 Å². The van der Waals surface area contributed by atoms with E-state index in [4.69, 9.17) is 30.5 Å². The number of nitrogens with zero attached hydrogens (tertiary/aromatic N) is 2. The molecule has 0 aromatic heterocycles.